The fourth-order valence-electron chi connectivity index (χ4n) is 2.13. The maximum absolute atomic E-state index is 12.0. The van der Waals surface area contributed by atoms with Crippen molar-refractivity contribution in [2.24, 2.45) is 4.99 Å². The molecular weight excluding hydrogens is 322 g/mol. The van der Waals surface area contributed by atoms with Crippen molar-refractivity contribution in [2.45, 2.75) is 37.2 Å². The summed E-state index contributed by atoms with van der Waals surface area (Å²) in [6, 6.07) is 4.92. The Kier molecular flexibility index (Phi) is 4.69. The van der Waals surface area contributed by atoms with Gasteiger partial charge in [0.25, 0.3) is 10.0 Å². The van der Waals surface area contributed by atoms with Crippen molar-refractivity contribution >= 4 is 27.7 Å². The van der Waals surface area contributed by atoms with Crippen molar-refractivity contribution in [3.8, 4) is 0 Å². The Labute approximate surface area is 133 Å². The van der Waals surface area contributed by atoms with Gasteiger partial charge in [-0.1, -0.05) is 12.1 Å². The number of nitrogens with zero attached hydrogens (tertiary/aromatic N) is 1. The zero-order valence-corrected chi connectivity index (χ0v) is 13.4. The second-order valence-corrected chi connectivity index (χ2v) is 6.91. The lowest BCUT2D eigenvalue weighted by Gasteiger charge is -2.11. The third kappa shape index (κ3) is 3.86. The van der Waals surface area contributed by atoms with Crippen LogP contribution in [0.4, 0.5) is 0 Å². The summed E-state index contributed by atoms with van der Waals surface area (Å²) in [6.45, 7) is 3.01. The Balaban J connectivity index is 2.11. The van der Waals surface area contributed by atoms with E-state index in [1.54, 1.807) is 25.1 Å². The molecule has 0 saturated heterocycles. The number of benzene rings is 1. The molecule has 1 unspecified atom stereocenters. The van der Waals surface area contributed by atoms with Crippen LogP contribution in [-0.4, -0.2) is 43.3 Å². The molecule has 1 aliphatic heterocycles. The highest BCUT2D eigenvalue weighted by Crippen LogP contribution is 2.22. The van der Waals surface area contributed by atoms with Crippen molar-refractivity contribution in [1.82, 2.24) is 10.0 Å². The summed E-state index contributed by atoms with van der Waals surface area (Å²) >= 11 is 0. The number of carbonyl (C=O) groups is 2. The maximum atomic E-state index is 12.0. The quantitative estimate of drug-likeness (QED) is 0.701. The predicted octanol–water partition coefficient (Wildman–Crippen LogP) is 0.0930. The molecule has 0 fully saturated rings. The molecule has 1 aromatic carbocycles. The van der Waals surface area contributed by atoms with Crippen molar-refractivity contribution in [3.05, 3.63) is 29.8 Å². The molecule has 1 aliphatic rings. The fourth-order valence-corrected chi connectivity index (χ4v) is 3.37. The van der Waals surface area contributed by atoms with E-state index in [-0.39, 0.29) is 17.2 Å². The Morgan fingerprint density at radius 1 is 1.30 bits per heavy atom. The predicted molar refractivity (Wildman–Crippen MR) is 82.6 cm³/mol. The Morgan fingerprint density at radius 3 is 2.61 bits per heavy atom. The summed E-state index contributed by atoms with van der Waals surface area (Å²) in [5, 5.41) is 11.1. The molecule has 0 spiro atoms. The molecule has 2 atom stereocenters. The number of aliphatic imine (C=N–C) groups is 1. The van der Waals surface area contributed by atoms with Crippen LogP contribution < -0.4 is 10.0 Å². The maximum Gasteiger partial charge on any atom is 0.325 e. The molecule has 1 aromatic rings. The lowest BCUT2D eigenvalue weighted by molar-refractivity contribution is -0.141. The molecule has 9 heteroatoms. The summed E-state index contributed by atoms with van der Waals surface area (Å²) < 4.78 is 26.3. The zero-order chi connectivity index (χ0) is 17.2. The van der Waals surface area contributed by atoms with Gasteiger partial charge in [0.2, 0.25) is 5.91 Å². The monoisotopic (exact) mass is 339 g/mol. The summed E-state index contributed by atoms with van der Waals surface area (Å²) in [7, 11) is -3.62. The standard InChI is InChI=1S/C14H17N3O5S/c1-8(7-12(18)16-9(2)14(19)20)15-13-10-5-3-4-6-11(10)23(21,22)17-13/h3-6,8-9H,7H2,1-2H3,(H,15,17)(H,16,18)(H,19,20)/t8?,9-/m1/s1. The van der Waals surface area contributed by atoms with E-state index in [4.69, 9.17) is 5.11 Å². The van der Waals surface area contributed by atoms with Crippen LogP contribution >= 0.6 is 0 Å². The normalized spacial score (nSPS) is 19.5. The molecule has 1 amide bonds. The number of hydrogen-bond acceptors (Lipinski definition) is 5. The first kappa shape index (κ1) is 16.9. The number of amidine groups is 1. The van der Waals surface area contributed by atoms with Gasteiger partial charge in [-0.15, -0.1) is 0 Å². The molecule has 0 radical (unpaired) electrons. The van der Waals surface area contributed by atoms with Crippen LogP contribution in [0, 0.1) is 0 Å². The highest BCUT2D eigenvalue weighted by molar-refractivity contribution is 7.90. The summed E-state index contributed by atoms with van der Waals surface area (Å²) in [6.07, 6.45) is -0.0506. The van der Waals surface area contributed by atoms with E-state index < -0.39 is 34.0 Å². The van der Waals surface area contributed by atoms with Crippen LogP contribution in [0.5, 0.6) is 0 Å². The smallest absolute Gasteiger partial charge is 0.325 e. The summed E-state index contributed by atoms with van der Waals surface area (Å²) in [5.41, 5.74) is 0.457. The number of carboxylic acid groups (broad SMARTS) is 1. The molecule has 3 N–H and O–H groups in total. The van der Waals surface area contributed by atoms with Crippen LogP contribution in [0.3, 0.4) is 0 Å². The number of carbonyl (C=O) groups excluding carboxylic acids is 1. The number of sulfonamides is 1. The minimum absolute atomic E-state index is 0.0506. The van der Waals surface area contributed by atoms with E-state index in [1.807, 2.05) is 0 Å². The van der Waals surface area contributed by atoms with Crippen LogP contribution in [0.15, 0.2) is 34.2 Å². The molecule has 0 aliphatic carbocycles. The lowest BCUT2D eigenvalue weighted by atomic mass is 10.2. The number of amides is 1. The molecule has 23 heavy (non-hydrogen) atoms. The van der Waals surface area contributed by atoms with Gasteiger partial charge >= 0.3 is 5.97 Å². The average molecular weight is 339 g/mol. The molecule has 0 aromatic heterocycles. The van der Waals surface area contributed by atoms with Crippen molar-refractivity contribution in [1.29, 1.82) is 0 Å². The number of carboxylic acids is 1. The van der Waals surface area contributed by atoms with Gasteiger partial charge in [0.15, 0.2) is 0 Å². The van der Waals surface area contributed by atoms with E-state index in [0.717, 1.165) is 0 Å². The highest BCUT2D eigenvalue weighted by atomic mass is 32.2. The average Bonchev–Trinajstić information content (AvgIpc) is 2.70. The van der Waals surface area contributed by atoms with Gasteiger partial charge in [0.05, 0.1) is 10.9 Å². The van der Waals surface area contributed by atoms with E-state index in [1.165, 1.54) is 13.0 Å². The summed E-state index contributed by atoms with van der Waals surface area (Å²) in [4.78, 5) is 26.8. The minimum atomic E-state index is -3.62. The first-order valence-corrected chi connectivity index (χ1v) is 8.41. The topological polar surface area (TPSA) is 125 Å². The second kappa shape index (κ2) is 6.37. The van der Waals surface area contributed by atoms with Crippen LogP contribution in [0.1, 0.15) is 25.8 Å². The Hall–Kier alpha value is -2.42. The first-order chi connectivity index (χ1) is 10.7. The number of aliphatic carboxylic acids is 1. The number of nitrogens with one attached hydrogen (secondary N) is 2. The van der Waals surface area contributed by atoms with Crippen LogP contribution in [-0.2, 0) is 19.6 Å². The zero-order valence-electron chi connectivity index (χ0n) is 12.6. The molecule has 8 nitrogen and oxygen atoms in total. The highest BCUT2D eigenvalue weighted by Gasteiger charge is 2.30. The van der Waals surface area contributed by atoms with Gasteiger partial charge < -0.3 is 10.4 Å². The molecular formula is C14H17N3O5S. The van der Waals surface area contributed by atoms with Gasteiger partial charge in [0, 0.05) is 12.0 Å². The third-order valence-electron chi connectivity index (χ3n) is 3.24. The fraction of sp³-hybridized carbons (Fsp3) is 0.357. The Bertz CT molecular complexity index is 772. The molecule has 0 saturated carbocycles. The van der Waals surface area contributed by atoms with Gasteiger partial charge in [-0.2, -0.15) is 0 Å². The summed E-state index contributed by atoms with van der Waals surface area (Å²) in [5.74, 6) is -1.41. The van der Waals surface area contributed by atoms with Crippen LogP contribution in [0.25, 0.3) is 0 Å². The van der Waals surface area contributed by atoms with Gasteiger partial charge in [-0.25, -0.2) is 8.42 Å². The van der Waals surface area contributed by atoms with Gasteiger partial charge in [-0.3, -0.25) is 19.3 Å². The van der Waals surface area contributed by atoms with Crippen LogP contribution in [0.2, 0.25) is 0 Å². The van der Waals surface area contributed by atoms with E-state index in [2.05, 4.69) is 15.0 Å². The SMILES string of the molecule is CC(CC(=O)N[C@H](C)C(=O)O)N=C1NS(=O)(=O)c2ccccc21. The molecule has 1 heterocycles. The second-order valence-electron chi connectivity index (χ2n) is 5.26. The number of fused-ring (bicyclic) bond motifs is 1. The van der Waals surface area contributed by atoms with Gasteiger partial charge in [0.1, 0.15) is 11.9 Å². The van der Waals surface area contributed by atoms with Crippen molar-refractivity contribution in [2.75, 3.05) is 0 Å². The largest absolute Gasteiger partial charge is 0.480 e. The van der Waals surface area contributed by atoms with Gasteiger partial charge in [-0.05, 0) is 26.0 Å². The Morgan fingerprint density at radius 2 is 1.96 bits per heavy atom. The van der Waals surface area contributed by atoms with Crippen molar-refractivity contribution in [3.63, 3.8) is 0 Å². The van der Waals surface area contributed by atoms with E-state index >= 15 is 0 Å². The van der Waals surface area contributed by atoms with Crippen molar-refractivity contribution < 1.29 is 23.1 Å². The van der Waals surface area contributed by atoms with E-state index in [9.17, 15) is 18.0 Å². The van der Waals surface area contributed by atoms with E-state index in [0.29, 0.717) is 5.56 Å². The number of hydrogen-bond donors (Lipinski definition) is 3. The lowest BCUT2D eigenvalue weighted by Crippen LogP contribution is -2.39. The first-order valence-electron chi connectivity index (χ1n) is 6.93. The molecule has 0 bridgehead atoms. The third-order valence-corrected chi connectivity index (χ3v) is 4.64. The minimum Gasteiger partial charge on any atom is -0.480 e. The molecule has 124 valence electrons. The number of rotatable bonds is 5. The molecule has 2 rings (SSSR count).